The van der Waals surface area contributed by atoms with Crippen molar-refractivity contribution in [2.45, 2.75) is 12.4 Å². The van der Waals surface area contributed by atoms with Crippen molar-refractivity contribution < 1.29 is 36.1 Å². The quantitative estimate of drug-likeness (QED) is 0.394. The molecule has 1 aliphatic heterocycles. The normalized spacial score (nSPS) is 15.4. The fourth-order valence-corrected chi connectivity index (χ4v) is 3.38. The van der Waals surface area contributed by atoms with Gasteiger partial charge in [-0.25, -0.2) is 0 Å². The first-order valence-electron chi connectivity index (χ1n) is 9.64. The molecule has 33 heavy (non-hydrogen) atoms. The third-order valence-electron chi connectivity index (χ3n) is 5.04. The van der Waals surface area contributed by atoms with Crippen molar-refractivity contribution in [1.82, 2.24) is 4.90 Å². The summed E-state index contributed by atoms with van der Waals surface area (Å²) in [6, 6.07) is 6.87. The van der Waals surface area contributed by atoms with Crippen LogP contribution in [-0.2, 0) is 17.1 Å². The zero-order valence-electron chi connectivity index (χ0n) is 16.9. The highest BCUT2D eigenvalue weighted by Gasteiger charge is 2.37. The number of non-ortho nitro benzene ring substituents is 1. The van der Waals surface area contributed by atoms with Gasteiger partial charge in [0, 0.05) is 49.7 Å². The molecule has 1 amide bonds. The Morgan fingerprint density at radius 2 is 1.42 bits per heavy atom. The minimum absolute atomic E-state index is 0.00687. The number of benzene rings is 2. The first kappa shape index (κ1) is 24.3. The Labute approximate surface area is 183 Å². The summed E-state index contributed by atoms with van der Waals surface area (Å²) in [5.41, 5.74) is -2.90. The van der Waals surface area contributed by atoms with E-state index in [4.69, 9.17) is 0 Å². The molecule has 1 saturated heterocycles. The standard InChI is InChI=1S/C20H18F6N4O3/c21-19(22,23)13-9-14(20(24,25)26)11-15(10-13)27-18(31)12-28-5-7-29(8-6-28)16-1-3-17(4-2-16)30(32)33/h1-4,9-11H,5-8,12H2,(H,27,31). The summed E-state index contributed by atoms with van der Waals surface area (Å²) in [5, 5.41) is 12.9. The van der Waals surface area contributed by atoms with E-state index in [9.17, 15) is 41.3 Å². The number of nitrogens with one attached hydrogen (secondary N) is 1. The van der Waals surface area contributed by atoms with Crippen molar-refractivity contribution in [3.05, 3.63) is 63.7 Å². The fourth-order valence-electron chi connectivity index (χ4n) is 3.38. The largest absolute Gasteiger partial charge is 0.416 e. The summed E-state index contributed by atoms with van der Waals surface area (Å²) in [5.74, 6) is -0.744. The molecule has 0 bridgehead atoms. The summed E-state index contributed by atoms with van der Waals surface area (Å²) < 4.78 is 77.7. The Kier molecular flexibility index (Phi) is 6.81. The number of hydrogen-bond donors (Lipinski definition) is 1. The number of anilines is 2. The van der Waals surface area contributed by atoms with Crippen LogP contribution in [0.1, 0.15) is 11.1 Å². The van der Waals surface area contributed by atoms with Crippen LogP contribution in [0.15, 0.2) is 42.5 Å². The molecule has 178 valence electrons. The molecule has 0 saturated carbocycles. The van der Waals surface area contributed by atoms with E-state index in [1.807, 2.05) is 4.90 Å². The van der Waals surface area contributed by atoms with Gasteiger partial charge in [0.15, 0.2) is 0 Å². The Hall–Kier alpha value is -3.35. The van der Waals surface area contributed by atoms with Crippen molar-refractivity contribution in [3.63, 3.8) is 0 Å². The van der Waals surface area contributed by atoms with E-state index in [-0.39, 0.29) is 18.3 Å². The van der Waals surface area contributed by atoms with Gasteiger partial charge < -0.3 is 10.2 Å². The molecule has 2 aromatic rings. The Balaban J connectivity index is 1.60. The van der Waals surface area contributed by atoms with E-state index < -0.39 is 40.0 Å². The van der Waals surface area contributed by atoms with Gasteiger partial charge in [0.2, 0.25) is 5.91 Å². The van der Waals surface area contributed by atoms with Gasteiger partial charge >= 0.3 is 12.4 Å². The number of carbonyl (C=O) groups excluding carboxylic acids is 1. The molecule has 1 fully saturated rings. The predicted octanol–water partition coefficient (Wildman–Crippen LogP) is 4.39. The van der Waals surface area contributed by atoms with Gasteiger partial charge in [-0.15, -0.1) is 0 Å². The van der Waals surface area contributed by atoms with Gasteiger partial charge in [-0.05, 0) is 30.3 Å². The number of amides is 1. The van der Waals surface area contributed by atoms with Crippen LogP contribution in [0.3, 0.4) is 0 Å². The van der Waals surface area contributed by atoms with E-state index in [0.717, 1.165) is 5.69 Å². The van der Waals surface area contributed by atoms with Gasteiger partial charge in [0.25, 0.3) is 5.69 Å². The average molecular weight is 476 g/mol. The number of nitrogens with zero attached hydrogens (tertiary/aromatic N) is 3. The predicted molar refractivity (Wildman–Crippen MR) is 107 cm³/mol. The van der Waals surface area contributed by atoms with Crippen molar-refractivity contribution in [3.8, 4) is 0 Å². The smallest absolute Gasteiger partial charge is 0.369 e. The molecule has 0 unspecified atom stereocenters. The number of hydrogen-bond acceptors (Lipinski definition) is 5. The minimum atomic E-state index is -5.01. The third kappa shape index (κ3) is 6.34. The topological polar surface area (TPSA) is 78.7 Å². The zero-order valence-corrected chi connectivity index (χ0v) is 16.9. The molecule has 13 heteroatoms. The lowest BCUT2D eigenvalue weighted by Crippen LogP contribution is -2.48. The fraction of sp³-hybridized carbons (Fsp3) is 0.350. The molecule has 0 atom stereocenters. The molecular formula is C20H18F6N4O3. The maximum absolute atomic E-state index is 13.0. The molecule has 2 aromatic carbocycles. The first-order valence-corrected chi connectivity index (χ1v) is 9.64. The van der Waals surface area contributed by atoms with Crippen molar-refractivity contribution in [1.29, 1.82) is 0 Å². The molecule has 3 rings (SSSR count). The molecule has 1 aliphatic rings. The summed E-state index contributed by atoms with van der Waals surface area (Å²) in [6.07, 6.45) is -10.0. The van der Waals surface area contributed by atoms with Gasteiger partial charge in [-0.1, -0.05) is 0 Å². The molecule has 0 radical (unpaired) electrons. The molecule has 1 heterocycles. The van der Waals surface area contributed by atoms with Crippen molar-refractivity contribution >= 4 is 23.0 Å². The summed E-state index contributed by atoms with van der Waals surface area (Å²) >= 11 is 0. The van der Waals surface area contributed by atoms with Crippen LogP contribution in [-0.4, -0.2) is 48.5 Å². The zero-order chi connectivity index (χ0) is 24.4. The maximum atomic E-state index is 13.0. The van der Waals surface area contributed by atoms with Crippen LogP contribution in [0.4, 0.5) is 43.4 Å². The highest BCUT2D eigenvalue weighted by molar-refractivity contribution is 5.92. The minimum Gasteiger partial charge on any atom is -0.369 e. The van der Waals surface area contributed by atoms with E-state index in [0.29, 0.717) is 38.3 Å². The summed E-state index contributed by atoms with van der Waals surface area (Å²) in [7, 11) is 0. The summed E-state index contributed by atoms with van der Waals surface area (Å²) in [6.45, 7) is 1.55. The second-order valence-corrected chi connectivity index (χ2v) is 7.38. The van der Waals surface area contributed by atoms with E-state index in [1.165, 1.54) is 12.1 Å². The molecule has 0 aliphatic carbocycles. The third-order valence-corrected chi connectivity index (χ3v) is 5.04. The first-order chi connectivity index (χ1) is 15.3. The number of alkyl halides is 6. The number of halogens is 6. The average Bonchev–Trinajstić information content (AvgIpc) is 2.73. The van der Waals surface area contributed by atoms with E-state index in [1.54, 1.807) is 17.0 Å². The van der Waals surface area contributed by atoms with Gasteiger partial charge in [0.05, 0.1) is 22.6 Å². The van der Waals surface area contributed by atoms with Crippen LogP contribution in [0.25, 0.3) is 0 Å². The number of nitro benzene ring substituents is 1. The number of rotatable bonds is 5. The van der Waals surface area contributed by atoms with Gasteiger partial charge in [-0.2, -0.15) is 26.3 Å². The van der Waals surface area contributed by atoms with E-state index in [2.05, 4.69) is 5.32 Å². The second kappa shape index (κ2) is 9.25. The second-order valence-electron chi connectivity index (χ2n) is 7.38. The molecule has 1 N–H and O–H groups in total. The van der Waals surface area contributed by atoms with Gasteiger partial charge in [-0.3, -0.25) is 19.8 Å². The van der Waals surface area contributed by atoms with Crippen LogP contribution in [0, 0.1) is 10.1 Å². The lowest BCUT2D eigenvalue weighted by atomic mass is 10.1. The van der Waals surface area contributed by atoms with Crippen LogP contribution in [0.5, 0.6) is 0 Å². The van der Waals surface area contributed by atoms with Gasteiger partial charge in [0.1, 0.15) is 0 Å². The monoisotopic (exact) mass is 476 g/mol. The lowest BCUT2D eigenvalue weighted by Gasteiger charge is -2.35. The Morgan fingerprint density at radius 3 is 1.88 bits per heavy atom. The van der Waals surface area contributed by atoms with Crippen molar-refractivity contribution in [2.75, 3.05) is 42.9 Å². The van der Waals surface area contributed by atoms with E-state index >= 15 is 0 Å². The SMILES string of the molecule is O=C(CN1CCN(c2ccc([N+](=O)[O-])cc2)CC1)Nc1cc(C(F)(F)F)cc(C(F)(F)F)c1. The van der Waals surface area contributed by atoms with Crippen molar-refractivity contribution in [2.24, 2.45) is 0 Å². The van der Waals surface area contributed by atoms with Crippen LogP contribution in [0.2, 0.25) is 0 Å². The lowest BCUT2D eigenvalue weighted by molar-refractivity contribution is -0.384. The number of piperazine rings is 1. The highest BCUT2D eigenvalue weighted by atomic mass is 19.4. The molecule has 0 aromatic heterocycles. The van der Waals surface area contributed by atoms with Crippen LogP contribution < -0.4 is 10.2 Å². The number of nitro groups is 1. The molecule has 0 spiro atoms. The Morgan fingerprint density at radius 1 is 0.909 bits per heavy atom. The number of carbonyl (C=O) groups is 1. The summed E-state index contributed by atoms with van der Waals surface area (Å²) in [4.78, 5) is 26.1. The maximum Gasteiger partial charge on any atom is 0.416 e. The van der Waals surface area contributed by atoms with Crippen LogP contribution >= 0.6 is 0 Å². The molecule has 7 nitrogen and oxygen atoms in total. The highest BCUT2D eigenvalue weighted by Crippen LogP contribution is 2.37. The Bertz CT molecular complexity index is 984. The molecular weight excluding hydrogens is 458 g/mol.